The number of hydrogen-bond donors (Lipinski definition) is 1. The summed E-state index contributed by atoms with van der Waals surface area (Å²) in [7, 11) is 3.66. The van der Waals surface area contributed by atoms with Crippen molar-refractivity contribution in [2.24, 2.45) is 12.8 Å². The van der Waals surface area contributed by atoms with Gasteiger partial charge >= 0.3 is 0 Å². The van der Waals surface area contributed by atoms with E-state index in [-0.39, 0.29) is 5.54 Å². The van der Waals surface area contributed by atoms with Crippen LogP contribution in [0.25, 0.3) is 0 Å². The van der Waals surface area contributed by atoms with E-state index >= 15 is 0 Å². The number of rotatable bonds is 6. The highest BCUT2D eigenvalue weighted by Gasteiger charge is 2.22. The van der Waals surface area contributed by atoms with Crippen molar-refractivity contribution in [1.82, 2.24) is 9.78 Å². The van der Waals surface area contributed by atoms with Crippen molar-refractivity contribution in [3.8, 4) is 5.75 Å². The molecule has 0 bridgehead atoms. The van der Waals surface area contributed by atoms with Crippen molar-refractivity contribution >= 4 is 0 Å². The van der Waals surface area contributed by atoms with Gasteiger partial charge in [-0.3, -0.25) is 4.68 Å². The van der Waals surface area contributed by atoms with E-state index in [4.69, 9.17) is 10.5 Å². The minimum absolute atomic E-state index is 0.298. The van der Waals surface area contributed by atoms with Crippen LogP contribution < -0.4 is 10.5 Å². The molecule has 2 aromatic rings. The van der Waals surface area contributed by atoms with Gasteiger partial charge in [0.1, 0.15) is 5.75 Å². The third-order valence-corrected chi connectivity index (χ3v) is 3.74. The molecule has 1 heterocycles. The van der Waals surface area contributed by atoms with E-state index in [1.54, 1.807) is 7.11 Å². The summed E-state index contributed by atoms with van der Waals surface area (Å²) in [5.41, 5.74) is 9.73. The summed E-state index contributed by atoms with van der Waals surface area (Å²) in [6.45, 7) is 4.21. The van der Waals surface area contributed by atoms with E-state index in [1.165, 1.54) is 11.3 Å². The molecule has 1 aromatic heterocycles. The van der Waals surface area contributed by atoms with Crippen LogP contribution in [-0.2, 0) is 26.3 Å². The third kappa shape index (κ3) is 4.08. The van der Waals surface area contributed by atoms with Gasteiger partial charge in [0.15, 0.2) is 0 Å². The number of aromatic nitrogens is 2. The highest BCUT2D eigenvalue weighted by molar-refractivity contribution is 5.28. The first kappa shape index (κ1) is 15.6. The summed E-state index contributed by atoms with van der Waals surface area (Å²) < 4.78 is 7.13. The fourth-order valence-corrected chi connectivity index (χ4v) is 2.60. The Labute approximate surface area is 126 Å². The van der Waals surface area contributed by atoms with Crippen LogP contribution in [0.3, 0.4) is 0 Å². The first-order chi connectivity index (χ1) is 9.93. The van der Waals surface area contributed by atoms with Crippen molar-refractivity contribution in [3.63, 3.8) is 0 Å². The second-order valence-electron chi connectivity index (χ2n) is 5.96. The molecule has 0 amide bonds. The molecule has 0 aliphatic rings. The lowest BCUT2D eigenvalue weighted by Crippen LogP contribution is -2.41. The smallest absolute Gasteiger partial charge is 0.118 e. The van der Waals surface area contributed by atoms with E-state index < -0.39 is 0 Å². The summed E-state index contributed by atoms with van der Waals surface area (Å²) in [5.74, 6) is 0.872. The molecule has 21 heavy (non-hydrogen) atoms. The number of benzene rings is 1. The maximum atomic E-state index is 6.50. The molecule has 0 aliphatic carbocycles. The Balaban J connectivity index is 2.07. The van der Waals surface area contributed by atoms with Gasteiger partial charge in [0.05, 0.1) is 12.8 Å². The predicted octanol–water partition coefficient (Wildman–Crippen LogP) is 2.49. The summed E-state index contributed by atoms with van der Waals surface area (Å²) >= 11 is 0. The first-order valence-electron chi connectivity index (χ1n) is 7.37. The zero-order valence-corrected chi connectivity index (χ0v) is 13.4. The average Bonchev–Trinajstić information content (AvgIpc) is 2.79. The minimum Gasteiger partial charge on any atom is -0.497 e. The van der Waals surface area contributed by atoms with Crippen LogP contribution in [0.1, 0.15) is 30.8 Å². The van der Waals surface area contributed by atoms with E-state index in [1.807, 2.05) is 23.9 Å². The van der Waals surface area contributed by atoms with E-state index in [0.29, 0.717) is 0 Å². The maximum absolute atomic E-state index is 6.50. The molecule has 0 spiro atoms. The van der Waals surface area contributed by atoms with Crippen molar-refractivity contribution in [2.75, 3.05) is 7.11 Å². The van der Waals surface area contributed by atoms with Gasteiger partial charge < -0.3 is 10.5 Å². The van der Waals surface area contributed by atoms with Crippen LogP contribution in [0.15, 0.2) is 30.3 Å². The van der Waals surface area contributed by atoms with Crippen molar-refractivity contribution in [1.29, 1.82) is 0 Å². The molecule has 4 nitrogen and oxygen atoms in total. The zero-order valence-electron chi connectivity index (χ0n) is 13.4. The van der Waals surface area contributed by atoms with E-state index in [2.05, 4.69) is 37.1 Å². The maximum Gasteiger partial charge on any atom is 0.118 e. The van der Waals surface area contributed by atoms with Gasteiger partial charge in [-0.25, -0.2) is 0 Å². The average molecular weight is 287 g/mol. The molecule has 1 aromatic carbocycles. The molecule has 2 rings (SSSR count). The number of nitrogens with zero attached hydrogens (tertiary/aromatic N) is 2. The third-order valence-electron chi connectivity index (χ3n) is 3.74. The fourth-order valence-electron chi connectivity index (χ4n) is 2.60. The molecule has 0 radical (unpaired) electrons. The second-order valence-corrected chi connectivity index (χ2v) is 5.96. The molecule has 0 fully saturated rings. The standard InChI is InChI=1S/C17H25N3O/c1-5-14-10-15(20(3)19-14)12-17(2,18)11-13-6-8-16(21-4)9-7-13/h6-10H,5,11-12,18H2,1-4H3. The van der Waals surface area contributed by atoms with Gasteiger partial charge in [-0.2, -0.15) is 5.10 Å². The van der Waals surface area contributed by atoms with Gasteiger partial charge in [-0.1, -0.05) is 19.1 Å². The Bertz CT molecular complexity index is 585. The molecule has 1 atom stereocenters. The molecule has 2 N–H and O–H groups in total. The molecule has 114 valence electrons. The summed E-state index contributed by atoms with van der Waals surface area (Å²) in [4.78, 5) is 0. The molecular weight excluding hydrogens is 262 g/mol. The lowest BCUT2D eigenvalue weighted by Gasteiger charge is -2.25. The van der Waals surface area contributed by atoms with Crippen molar-refractivity contribution in [3.05, 3.63) is 47.3 Å². The zero-order chi connectivity index (χ0) is 15.5. The van der Waals surface area contributed by atoms with Gasteiger partial charge in [-0.15, -0.1) is 0 Å². The van der Waals surface area contributed by atoms with Gasteiger partial charge in [0, 0.05) is 24.7 Å². The SMILES string of the molecule is CCc1cc(CC(C)(N)Cc2ccc(OC)cc2)n(C)n1. The number of methoxy groups -OCH3 is 1. The van der Waals surface area contributed by atoms with E-state index in [0.717, 1.165) is 30.7 Å². The van der Waals surface area contributed by atoms with Crippen molar-refractivity contribution < 1.29 is 4.74 Å². The van der Waals surface area contributed by atoms with Gasteiger partial charge in [0.2, 0.25) is 0 Å². The lowest BCUT2D eigenvalue weighted by atomic mass is 9.89. The fraction of sp³-hybridized carbons (Fsp3) is 0.471. The second kappa shape index (κ2) is 6.31. The van der Waals surface area contributed by atoms with Crippen LogP contribution in [-0.4, -0.2) is 22.4 Å². The van der Waals surface area contributed by atoms with Gasteiger partial charge in [0.25, 0.3) is 0 Å². The number of hydrogen-bond acceptors (Lipinski definition) is 3. The Morgan fingerprint density at radius 3 is 2.43 bits per heavy atom. The molecule has 0 aliphatic heterocycles. The van der Waals surface area contributed by atoms with Crippen LogP contribution in [0, 0.1) is 0 Å². The monoisotopic (exact) mass is 287 g/mol. The molecule has 4 heteroatoms. The van der Waals surface area contributed by atoms with E-state index in [9.17, 15) is 0 Å². The summed E-state index contributed by atoms with van der Waals surface area (Å²) in [6, 6.07) is 10.3. The molecule has 0 saturated heterocycles. The first-order valence-corrected chi connectivity index (χ1v) is 7.37. The van der Waals surface area contributed by atoms with Crippen molar-refractivity contribution in [2.45, 2.75) is 38.6 Å². The highest BCUT2D eigenvalue weighted by atomic mass is 16.5. The largest absolute Gasteiger partial charge is 0.497 e. The number of nitrogens with two attached hydrogens (primary N) is 1. The number of ether oxygens (including phenoxy) is 1. The van der Waals surface area contributed by atoms with Crippen LogP contribution in [0.2, 0.25) is 0 Å². The van der Waals surface area contributed by atoms with Gasteiger partial charge in [-0.05, 0) is 43.5 Å². The minimum atomic E-state index is -0.298. The van der Waals surface area contributed by atoms with Crippen LogP contribution >= 0.6 is 0 Å². The van der Waals surface area contributed by atoms with Crippen LogP contribution in [0.4, 0.5) is 0 Å². The normalized spacial score (nSPS) is 14.0. The molecule has 1 unspecified atom stereocenters. The Hall–Kier alpha value is -1.81. The Kier molecular flexibility index (Phi) is 4.68. The molecular formula is C17H25N3O. The Morgan fingerprint density at radius 2 is 1.90 bits per heavy atom. The molecule has 0 saturated carbocycles. The topological polar surface area (TPSA) is 53.1 Å². The highest BCUT2D eigenvalue weighted by Crippen LogP contribution is 2.19. The Morgan fingerprint density at radius 1 is 1.24 bits per heavy atom. The predicted molar refractivity (Wildman–Crippen MR) is 85.6 cm³/mol. The summed E-state index contributed by atoms with van der Waals surface area (Å²) in [5, 5.41) is 4.49. The lowest BCUT2D eigenvalue weighted by molar-refractivity contribution is 0.413. The quantitative estimate of drug-likeness (QED) is 0.888. The number of aryl methyl sites for hydroxylation is 2. The van der Waals surface area contributed by atoms with Crippen LogP contribution in [0.5, 0.6) is 5.75 Å². The summed E-state index contributed by atoms with van der Waals surface area (Å²) in [6.07, 6.45) is 2.58.